The molecule has 0 bridgehead atoms. The zero-order chi connectivity index (χ0) is 17.4. The van der Waals surface area contributed by atoms with Crippen LogP contribution >= 0.6 is 0 Å². The van der Waals surface area contributed by atoms with Crippen molar-refractivity contribution in [2.45, 2.75) is 6.92 Å². The fraction of sp³-hybridized carbons (Fsp3) is 0.125. The Labute approximate surface area is 136 Å². The molecule has 1 atom stereocenters. The molecule has 2 aromatic carbocycles. The molecule has 3 N–H and O–H groups in total. The number of aromatic carboxylic acids is 2. The minimum absolute atomic E-state index is 0.123. The van der Waals surface area contributed by atoms with Crippen LogP contribution in [0, 0.1) is 6.92 Å². The summed E-state index contributed by atoms with van der Waals surface area (Å²) in [6.07, 6.45) is 1.44. The molecule has 2 rings (SSSR count). The summed E-state index contributed by atoms with van der Waals surface area (Å²) in [4.78, 5) is 21.1. The highest BCUT2D eigenvalue weighted by atomic mass is 32.2. The molecule has 122 valence electrons. The summed E-state index contributed by atoms with van der Waals surface area (Å²) in [6.45, 7) is 1.78. The molecular formula is C16H17NO5S. The number of carboxylic acids is 2. The van der Waals surface area contributed by atoms with Gasteiger partial charge in [0.15, 0.2) is 0 Å². The first-order chi connectivity index (χ1) is 10.8. The Bertz CT molecular complexity index is 730. The fourth-order valence-electron chi connectivity index (χ4n) is 1.73. The van der Waals surface area contributed by atoms with Gasteiger partial charge >= 0.3 is 11.9 Å². The summed E-state index contributed by atoms with van der Waals surface area (Å²) in [5.74, 6) is -1.90. The Morgan fingerprint density at radius 2 is 1.39 bits per heavy atom. The van der Waals surface area contributed by atoms with Crippen LogP contribution in [0.2, 0.25) is 0 Å². The molecule has 0 radical (unpaired) electrons. The molecule has 0 spiro atoms. The second kappa shape index (κ2) is 8.70. The molecule has 7 heteroatoms. The number of rotatable bonds is 4. The second-order valence-electron chi connectivity index (χ2n) is 4.53. The van der Waals surface area contributed by atoms with Crippen LogP contribution in [-0.2, 0) is 11.0 Å². The number of carbonyl (C=O) groups is 2. The van der Waals surface area contributed by atoms with Crippen molar-refractivity contribution in [2.75, 3.05) is 11.0 Å². The fourth-order valence-corrected chi connectivity index (χ4v) is 2.21. The number of aryl methyl sites for hydroxylation is 1. The molecule has 0 aliphatic rings. The molecule has 2 aromatic rings. The molecule has 1 unspecified atom stereocenters. The van der Waals surface area contributed by atoms with Crippen molar-refractivity contribution in [3.63, 3.8) is 0 Å². The van der Waals surface area contributed by atoms with Gasteiger partial charge in [0.25, 0.3) is 0 Å². The van der Waals surface area contributed by atoms with Crippen LogP contribution < -0.4 is 4.72 Å². The van der Waals surface area contributed by atoms with Gasteiger partial charge in [-0.05, 0) is 30.7 Å². The van der Waals surface area contributed by atoms with Gasteiger partial charge in [-0.1, -0.05) is 30.3 Å². The predicted molar refractivity (Wildman–Crippen MR) is 89.2 cm³/mol. The van der Waals surface area contributed by atoms with Crippen molar-refractivity contribution in [3.05, 3.63) is 65.2 Å². The molecule has 0 saturated carbocycles. The highest BCUT2D eigenvalue weighted by Crippen LogP contribution is 2.14. The lowest BCUT2D eigenvalue weighted by Gasteiger charge is -2.05. The van der Waals surface area contributed by atoms with E-state index in [0.29, 0.717) is 11.3 Å². The van der Waals surface area contributed by atoms with Gasteiger partial charge in [0, 0.05) is 6.26 Å². The third-order valence-corrected chi connectivity index (χ3v) is 3.29. The van der Waals surface area contributed by atoms with E-state index >= 15 is 0 Å². The van der Waals surface area contributed by atoms with Crippen molar-refractivity contribution in [2.24, 2.45) is 0 Å². The smallest absolute Gasteiger partial charge is 0.337 e. The lowest BCUT2D eigenvalue weighted by Crippen LogP contribution is -2.07. The average Bonchev–Trinajstić information content (AvgIpc) is 2.47. The summed E-state index contributed by atoms with van der Waals surface area (Å²) in [7, 11) is -1.26. The van der Waals surface area contributed by atoms with E-state index in [4.69, 9.17) is 10.2 Å². The van der Waals surface area contributed by atoms with Crippen molar-refractivity contribution in [1.29, 1.82) is 0 Å². The van der Waals surface area contributed by atoms with Crippen molar-refractivity contribution in [3.8, 4) is 0 Å². The largest absolute Gasteiger partial charge is 0.478 e. The van der Waals surface area contributed by atoms with E-state index in [-0.39, 0.29) is 5.56 Å². The van der Waals surface area contributed by atoms with E-state index in [1.807, 2.05) is 6.07 Å². The van der Waals surface area contributed by atoms with Gasteiger partial charge in [-0.3, -0.25) is 0 Å². The highest BCUT2D eigenvalue weighted by Gasteiger charge is 2.08. The maximum Gasteiger partial charge on any atom is 0.337 e. The zero-order valence-electron chi connectivity index (χ0n) is 12.6. The van der Waals surface area contributed by atoms with Crippen LogP contribution in [0.25, 0.3) is 0 Å². The molecule has 0 aromatic heterocycles. The van der Waals surface area contributed by atoms with Crippen LogP contribution in [0.3, 0.4) is 0 Å². The molecule has 0 aliphatic carbocycles. The first-order valence-electron chi connectivity index (χ1n) is 6.54. The van der Waals surface area contributed by atoms with Gasteiger partial charge in [-0.25, -0.2) is 13.8 Å². The van der Waals surface area contributed by atoms with Gasteiger partial charge in [0.2, 0.25) is 0 Å². The number of anilines is 1. The van der Waals surface area contributed by atoms with Crippen LogP contribution in [0.5, 0.6) is 0 Å². The van der Waals surface area contributed by atoms with E-state index in [2.05, 4.69) is 4.72 Å². The standard InChI is InChI=1S/C8H9NO3S.C8H8O2/c1-13(12)9-7-5-3-2-4-6(7)8(10)11;1-6-4-2-3-5-7(6)8(9)10/h2-5,9H,1H3,(H,10,11);2-5H,1H3,(H,9,10). The van der Waals surface area contributed by atoms with Gasteiger partial charge in [-0.2, -0.15) is 0 Å². The zero-order valence-corrected chi connectivity index (χ0v) is 13.5. The number of nitrogens with one attached hydrogen (secondary N) is 1. The van der Waals surface area contributed by atoms with Crippen LogP contribution in [0.4, 0.5) is 5.69 Å². The normalized spacial score (nSPS) is 10.9. The van der Waals surface area contributed by atoms with Gasteiger partial charge in [0.05, 0.1) is 16.8 Å². The van der Waals surface area contributed by atoms with Gasteiger partial charge in [0.1, 0.15) is 11.0 Å². The van der Waals surface area contributed by atoms with Crippen LogP contribution in [0.1, 0.15) is 26.3 Å². The minimum atomic E-state index is -1.26. The van der Waals surface area contributed by atoms with Crippen molar-refractivity contribution < 1.29 is 24.0 Å². The predicted octanol–water partition coefficient (Wildman–Crippen LogP) is 2.78. The van der Waals surface area contributed by atoms with Crippen LogP contribution in [0.15, 0.2) is 48.5 Å². The van der Waals surface area contributed by atoms with Crippen LogP contribution in [-0.4, -0.2) is 32.6 Å². The van der Waals surface area contributed by atoms with Crippen molar-refractivity contribution >= 4 is 28.6 Å². The lowest BCUT2D eigenvalue weighted by atomic mass is 10.1. The first kappa shape index (κ1) is 18.4. The Morgan fingerprint density at radius 1 is 0.913 bits per heavy atom. The molecule has 0 heterocycles. The third kappa shape index (κ3) is 5.91. The van der Waals surface area contributed by atoms with E-state index in [0.717, 1.165) is 5.56 Å². The summed E-state index contributed by atoms with van der Waals surface area (Å²) in [5, 5.41) is 17.3. The molecule has 0 aliphatic heterocycles. The maximum absolute atomic E-state index is 10.8. The molecule has 0 saturated heterocycles. The monoisotopic (exact) mass is 335 g/mol. The second-order valence-corrected chi connectivity index (χ2v) is 5.64. The van der Waals surface area contributed by atoms with E-state index in [1.54, 1.807) is 43.3 Å². The first-order valence-corrected chi connectivity index (χ1v) is 8.10. The van der Waals surface area contributed by atoms with E-state index in [1.165, 1.54) is 12.3 Å². The summed E-state index contributed by atoms with van der Waals surface area (Å²) in [5.41, 5.74) is 1.67. The maximum atomic E-state index is 10.8. The van der Waals surface area contributed by atoms with E-state index < -0.39 is 22.9 Å². The van der Waals surface area contributed by atoms with Gasteiger partial charge in [-0.15, -0.1) is 0 Å². The SMILES string of the molecule is CS(=O)Nc1ccccc1C(=O)O.Cc1ccccc1C(=O)O. The Hall–Kier alpha value is -2.67. The highest BCUT2D eigenvalue weighted by molar-refractivity contribution is 7.85. The number of benzene rings is 2. The molecule has 0 fully saturated rings. The minimum Gasteiger partial charge on any atom is -0.478 e. The Kier molecular flexibility index (Phi) is 6.95. The van der Waals surface area contributed by atoms with Gasteiger partial charge < -0.3 is 14.9 Å². The number of para-hydroxylation sites is 1. The number of carboxylic acid groups (broad SMARTS) is 2. The molecule has 6 nitrogen and oxygen atoms in total. The third-order valence-electron chi connectivity index (χ3n) is 2.79. The molecule has 23 heavy (non-hydrogen) atoms. The summed E-state index contributed by atoms with van der Waals surface area (Å²) < 4.78 is 13.3. The molecular weight excluding hydrogens is 318 g/mol. The lowest BCUT2D eigenvalue weighted by molar-refractivity contribution is 0.0686. The average molecular weight is 335 g/mol. The number of hydrogen-bond donors (Lipinski definition) is 3. The van der Waals surface area contributed by atoms with E-state index in [9.17, 15) is 13.8 Å². The molecule has 0 amide bonds. The van der Waals surface area contributed by atoms with Crippen molar-refractivity contribution in [1.82, 2.24) is 0 Å². The summed E-state index contributed by atoms with van der Waals surface area (Å²) in [6, 6.07) is 13.2. The summed E-state index contributed by atoms with van der Waals surface area (Å²) >= 11 is 0. The number of hydrogen-bond acceptors (Lipinski definition) is 3. The Morgan fingerprint density at radius 3 is 1.83 bits per heavy atom. The Balaban J connectivity index is 0.000000238. The topological polar surface area (TPSA) is 104 Å². The quantitative estimate of drug-likeness (QED) is 0.797.